The molecule has 0 bridgehead atoms. The maximum absolute atomic E-state index is 13.2. The zero-order chi connectivity index (χ0) is 10.8. The number of anilines is 1. The Balaban J connectivity index is 2.25. The number of hydrogen-bond donors (Lipinski definition) is 1. The van der Waals surface area contributed by atoms with Crippen molar-refractivity contribution in [3.8, 4) is 0 Å². The molecule has 2 rings (SSSR count). The lowest BCUT2D eigenvalue weighted by Gasteiger charge is -2.05. The van der Waals surface area contributed by atoms with Gasteiger partial charge in [-0.15, -0.1) is 0 Å². The fourth-order valence-electron chi connectivity index (χ4n) is 1.41. The van der Waals surface area contributed by atoms with Crippen LogP contribution < -0.4 is 5.73 Å². The lowest BCUT2D eigenvalue weighted by Crippen LogP contribution is -2.04. The minimum Gasteiger partial charge on any atom is -0.396 e. The third-order valence-corrected chi connectivity index (χ3v) is 2.33. The van der Waals surface area contributed by atoms with E-state index in [4.69, 9.17) is 5.73 Å². The minimum atomic E-state index is -0.377. The van der Waals surface area contributed by atoms with Gasteiger partial charge >= 0.3 is 0 Å². The molecule has 0 saturated carbocycles. The Morgan fingerprint density at radius 2 is 2.20 bits per heavy atom. The smallest absolute Gasteiger partial charge is 0.146 e. The number of nitrogens with zero attached hydrogens (tertiary/aromatic N) is 2. The van der Waals surface area contributed by atoms with E-state index in [1.807, 2.05) is 17.7 Å². The van der Waals surface area contributed by atoms with Crippen LogP contribution in [0.4, 0.5) is 10.1 Å². The molecule has 2 aromatic rings. The second kappa shape index (κ2) is 3.73. The molecule has 0 amide bonds. The normalized spacial score (nSPS) is 10.5. The van der Waals surface area contributed by atoms with Crippen LogP contribution in [0.25, 0.3) is 0 Å². The maximum Gasteiger partial charge on any atom is 0.146 e. The third-order valence-electron chi connectivity index (χ3n) is 2.33. The van der Waals surface area contributed by atoms with Crippen molar-refractivity contribution in [1.82, 2.24) is 9.78 Å². The van der Waals surface area contributed by atoms with Crippen LogP contribution in [0.3, 0.4) is 0 Å². The van der Waals surface area contributed by atoms with Gasteiger partial charge in [0.25, 0.3) is 0 Å². The van der Waals surface area contributed by atoms with Crippen molar-refractivity contribution in [3.63, 3.8) is 0 Å². The Hall–Kier alpha value is -1.84. The van der Waals surface area contributed by atoms with Gasteiger partial charge in [0, 0.05) is 11.9 Å². The second-order valence-electron chi connectivity index (χ2n) is 3.49. The molecule has 0 aliphatic heterocycles. The molecule has 3 nitrogen and oxygen atoms in total. The van der Waals surface area contributed by atoms with Gasteiger partial charge in [-0.2, -0.15) is 5.10 Å². The summed E-state index contributed by atoms with van der Waals surface area (Å²) in [5.74, 6) is -0.377. The Morgan fingerprint density at radius 1 is 1.40 bits per heavy atom. The predicted octanol–water partition coefficient (Wildman–Crippen LogP) is 1.96. The fraction of sp³-hybridized carbons (Fsp3) is 0.182. The summed E-state index contributed by atoms with van der Waals surface area (Å²) in [6.45, 7) is 2.52. The molecule has 15 heavy (non-hydrogen) atoms. The van der Waals surface area contributed by atoms with E-state index in [0.29, 0.717) is 6.54 Å². The summed E-state index contributed by atoms with van der Waals surface area (Å²) in [5, 5.41) is 4.13. The fourth-order valence-corrected chi connectivity index (χ4v) is 1.41. The van der Waals surface area contributed by atoms with E-state index in [1.54, 1.807) is 18.3 Å². The van der Waals surface area contributed by atoms with Crippen LogP contribution in [0.1, 0.15) is 11.3 Å². The number of nitrogens with two attached hydrogens (primary N) is 1. The molecule has 1 heterocycles. The van der Waals surface area contributed by atoms with Crippen molar-refractivity contribution < 1.29 is 4.39 Å². The summed E-state index contributed by atoms with van der Waals surface area (Å²) in [6.07, 6.45) is 1.73. The molecule has 0 aliphatic rings. The molecular weight excluding hydrogens is 193 g/mol. The first-order chi connectivity index (χ1) is 7.16. The van der Waals surface area contributed by atoms with E-state index in [9.17, 15) is 4.39 Å². The van der Waals surface area contributed by atoms with Crippen molar-refractivity contribution in [2.45, 2.75) is 13.5 Å². The van der Waals surface area contributed by atoms with Crippen molar-refractivity contribution in [1.29, 1.82) is 0 Å². The first-order valence-corrected chi connectivity index (χ1v) is 4.69. The lowest BCUT2D eigenvalue weighted by molar-refractivity contribution is 0.620. The average Bonchev–Trinajstić information content (AvgIpc) is 2.59. The van der Waals surface area contributed by atoms with Crippen LogP contribution in [0.5, 0.6) is 0 Å². The number of aryl methyl sites for hydroxylation is 1. The van der Waals surface area contributed by atoms with Crippen LogP contribution in [0.15, 0.2) is 30.5 Å². The van der Waals surface area contributed by atoms with E-state index in [2.05, 4.69) is 5.10 Å². The largest absolute Gasteiger partial charge is 0.396 e. The highest BCUT2D eigenvalue weighted by Gasteiger charge is 2.02. The topological polar surface area (TPSA) is 43.8 Å². The number of nitrogen functional groups attached to an aromatic ring is 1. The van der Waals surface area contributed by atoms with Crippen molar-refractivity contribution in [2.75, 3.05) is 5.73 Å². The second-order valence-corrected chi connectivity index (χ2v) is 3.49. The van der Waals surface area contributed by atoms with Gasteiger partial charge in [-0.05, 0) is 30.7 Å². The molecule has 1 aromatic heterocycles. The van der Waals surface area contributed by atoms with Gasteiger partial charge in [-0.25, -0.2) is 4.39 Å². The summed E-state index contributed by atoms with van der Waals surface area (Å²) >= 11 is 0. The monoisotopic (exact) mass is 205 g/mol. The first-order valence-electron chi connectivity index (χ1n) is 4.69. The lowest BCUT2D eigenvalue weighted by atomic mass is 10.2. The molecule has 0 saturated heterocycles. The number of benzene rings is 1. The van der Waals surface area contributed by atoms with Gasteiger partial charge in [0.2, 0.25) is 0 Å². The Kier molecular flexibility index (Phi) is 2.41. The van der Waals surface area contributed by atoms with Gasteiger partial charge in [-0.1, -0.05) is 6.07 Å². The van der Waals surface area contributed by atoms with Gasteiger partial charge in [-0.3, -0.25) is 4.68 Å². The quantitative estimate of drug-likeness (QED) is 0.761. The van der Waals surface area contributed by atoms with Crippen LogP contribution in [0.2, 0.25) is 0 Å². The van der Waals surface area contributed by atoms with E-state index < -0.39 is 0 Å². The van der Waals surface area contributed by atoms with E-state index in [0.717, 1.165) is 11.3 Å². The van der Waals surface area contributed by atoms with Gasteiger partial charge in [0.05, 0.1) is 12.2 Å². The summed E-state index contributed by atoms with van der Waals surface area (Å²) < 4.78 is 15.0. The van der Waals surface area contributed by atoms with Crippen LogP contribution in [-0.2, 0) is 6.54 Å². The zero-order valence-electron chi connectivity index (χ0n) is 8.44. The van der Waals surface area contributed by atoms with E-state index in [1.165, 1.54) is 6.07 Å². The Bertz CT molecular complexity index is 476. The highest BCUT2D eigenvalue weighted by molar-refractivity contribution is 5.41. The Morgan fingerprint density at radius 3 is 2.80 bits per heavy atom. The molecule has 0 radical (unpaired) electrons. The summed E-state index contributed by atoms with van der Waals surface area (Å²) in [7, 11) is 0. The van der Waals surface area contributed by atoms with E-state index in [-0.39, 0.29) is 11.5 Å². The average molecular weight is 205 g/mol. The highest BCUT2D eigenvalue weighted by Crippen LogP contribution is 2.13. The SMILES string of the molecule is Cc1ccnn1Cc1ccc(N)c(F)c1. The first kappa shape index (κ1) is 9.71. The van der Waals surface area contributed by atoms with Crippen molar-refractivity contribution in [3.05, 3.63) is 47.5 Å². The van der Waals surface area contributed by atoms with Crippen LogP contribution in [0, 0.1) is 12.7 Å². The van der Waals surface area contributed by atoms with Crippen molar-refractivity contribution >= 4 is 5.69 Å². The molecular formula is C11H12FN3. The number of hydrogen-bond acceptors (Lipinski definition) is 2. The number of aromatic nitrogens is 2. The molecule has 4 heteroatoms. The molecule has 78 valence electrons. The Labute approximate surface area is 87.3 Å². The number of halogens is 1. The van der Waals surface area contributed by atoms with Crippen molar-refractivity contribution in [2.24, 2.45) is 0 Å². The standard InChI is InChI=1S/C11H12FN3/c1-8-4-5-14-15(8)7-9-2-3-11(13)10(12)6-9/h2-6H,7,13H2,1H3. The zero-order valence-corrected chi connectivity index (χ0v) is 8.44. The van der Waals surface area contributed by atoms with Gasteiger partial charge < -0.3 is 5.73 Å². The molecule has 0 aliphatic carbocycles. The summed E-state index contributed by atoms with van der Waals surface area (Å²) in [5.41, 5.74) is 7.47. The number of rotatable bonds is 2. The van der Waals surface area contributed by atoms with E-state index >= 15 is 0 Å². The molecule has 0 unspecified atom stereocenters. The minimum absolute atomic E-state index is 0.177. The highest BCUT2D eigenvalue weighted by atomic mass is 19.1. The predicted molar refractivity (Wildman–Crippen MR) is 56.9 cm³/mol. The maximum atomic E-state index is 13.2. The van der Waals surface area contributed by atoms with Crippen LogP contribution >= 0.6 is 0 Å². The molecule has 0 atom stereocenters. The molecule has 2 N–H and O–H groups in total. The molecule has 0 spiro atoms. The molecule has 1 aromatic carbocycles. The van der Waals surface area contributed by atoms with Gasteiger partial charge in [0.1, 0.15) is 5.82 Å². The summed E-state index contributed by atoms with van der Waals surface area (Å²) in [4.78, 5) is 0. The third kappa shape index (κ3) is 1.98. The summed E-state index contributed by atoms with van der Waals surface area (Å²) in [6, 6.07) is 6.73. The van der Waals surface area contributed by atoms with Gasteiger partial charge in [0.15, 0.2) is 0 Å². The molecule has 0 fully saturated rings. The van der Waals surface area contributed by atoms with Crippen LogP contribution in [-0.4, -0.2) is 9.78 Å².